The van der Waals surface area contributed by atoms with Gasteiger partial charge in [-0.1, -0.05) is 11.6 Å². The Labute approximate surface area is 125 Å². The molecule has 0 aliphatic heterocycles. The predicted molar refractivity (Wildman–Crippen MR) is 79.8 cm³/mol. The van der Waals surface area contributed by atoms with Crippen molar-refractivity contribution in [3.63, 3.8) is 0 Å². The third-order valence-corrected chi connectivity index (χ3v) is 2.95. The first-order valence-electron chi connectivity index (χ1n) is 5.93. The summed E-state index contributed by atoms with van der Waals surface area (Å²) >= 11 is 5.91. The summed E-state index contributed by atoms with van der Waals surface area (Å²) in [5, 5.41) is 15.2. The van der Waals surface area contributed by atoms with E-state index >= 15 is 0 Å². The first-order valence-corrected chi connectivity index (χ1v) is 6.31. The van der Waals surface area contributed by atoms with Crippen molar-refractivity contribution in [2.24, 2.45) is 0 Å². The maximum Gasteiger partial charge on any atom is 0.335 e. The molecule has 2 rings (SSSR count). The number of anilines is 3. The van der Waals surface area contributed by atoms with Gasteiger partial charge >= 0.3 is 5.97 Å². The molecule has 21 heavy (non-hydrogen) atoms. The minimum Gasteiger partial charge on any atom is -0.495 e. The lowest BCUT2D eigenvalue weighted by molar-refractivity contribution is 0.0696. The van der Waals surface area contributed by atoms with Crippen LogP contribution in [0.3, 0.4) is 0 Å². The molecule has 0 spiro atoms. The van der Waals surface area contributed by atoms with Gasteiger partial charge in [-0.25, -0.2) is 9.78 Å². The third kappa shape index (κ3) is 3.32. The van der Waals surface area contributed by atoms with Crippen molar-refractivity contribution in [2.75, 3.05) is 24.8 Å². The Morgan fingerprint density at radius 3 is 2.81 bits per heavy atom. The topological polar surface area (TPSA) is 96.4 Å². The molecule has 0 amide bonds. The number of nitrogens with one attached hydrogen (secondary N) is 2. The molecule has 1 heterocycles. The van der Waals surface area contributed by atoms with Crippen LogP contribution in [0, 0.1) is 0 Å². The van der Waals surface area contributed by atoms with Gasteiger partial charge in [-0.3, -0.25) is 0 Å². The number of rotatable bonds is 5. The number of carboxylic acids is 1. The monoisotopic (exact) mass is 308 g/mol. The number of hydrogen-bond acceptors (Lipinski definition) is 6. The van der Waals surface area contributed by atoms with Crippen LogP contribution >= 0.6 is 11.6 Å². The Morgan fingerprint density at radius 1 is 1.43 bits per heavy atom. The van der Waals surface area contributed by atoms with Crippen LogP contribution in [0.4, 0.5) is 17.5 Å². The Balaban J connectivity index is 2.33. The molecule has 0 saturated heterocycles. The highest BCUT2D eigenvalue weighted by Gasteiger charge is 2.11. The van der Waals surface area contributed by atoms with E-state index in [9.17, 15) is 4.79 Å². The molecule has 0 aliphatic carbocycles. The van der Waals surface area contributed by atoms with E-state index in [1.54, 1.807) is 13.1 Å². The molecule has 0 atom stereocenters. The Hall–Kier alpha value is -2.54. The largest absolute Gasteiger partial charge is 0.495 e. The number of methoxy groups -OCH3 is 1. The summed E-state index contributed by atoms with van der Waals surface area (Å²) in [4.78, 5) is 19.2. The van der Waals surface area contributed by atoms with Crippen molar-refractivity contribution in [3.05, 3.63) is 35.0 Å². The summed E-state index contributed by atoms with van der Waals surface area (Å²) < 4.78 is 5.17. The Kier molecular flexibility index (Phi) is 4.44. The molecular formula is C13H13ClN4O3. The fourth-order valence-electron chi connectivity index (χ4n) is 1.65. The highest BCUT2D eigenvalue weighted by atomic mass is 35.5. The van der Waals surface area contributed by atoms with Crippen molar-refractivity contribution in [3.8, 4) is 5.75 Å². The number of nitrogens with zero attached hydrogens (tertiary/aromatic N) is 2. The number of ether oxygens (including phenoxy) is 1. The van der Waals surface area contributed by atoms with E-state index in [-0.39, 0.29) is 5.56 Å². The summed E-state index contributed by atoms with van der Waals surface area (Å²) in [6.45, 7) is 0. The third-order valence-electron chi connectivity index (χ3n) is 2.68. The molecule has 0 radical (unpaired) electrons. The van der Waals surface area contributed by atoms with Gasteiger partial charge in [0.15, 0.2) is 0 Å². The van der Waals surface area contributed by atoms with Gasteiger partial charge in [0, 0.05) is 7.05 Å². The van der Waals surface area contributed by atoms with E-state index in [2.05, 4.69) is 20.6 Å². The standard InChI is InChI=1S/C13H13ClN4O3/c1-15-11-8(14)6-16-13(18-11)17-9-4-3-7(12(19)20)5-10(9)21-2/h3-6H,1-2H3,(H,19,20)(H2,15,16,17,18). The van der Waals surface area contributed by atoms with E-state index < -0.39 is 5.97 Å². The number of aromatic nitrogens is 2. The van der Waals surface area contributed by atoms with Crippen LogP contribution in [0.5, 0.6) is 5.75 Å². The molecular weight excluding hydrogens is 296 g/mol. The first kappa shape index (κ1) is 14.9. The molecule has 0 fully saturated rings. The quantitative estimate of drug-likeness (QED) is 0.781. The van der Waals surface area contributed by atoms with E-state index in [0.717, 1.165) is 0 Å². The van der Waals surface area contributed by atoms with Crippen LogP contribution < -0.4 is 15.4 Å². The maximum atomic E-state index is 10.9. The second-order valence-corrected chi connectivity index (χ2v) is 4.39. The minimum absolute atomic E-state index is 0.130. The molecule has 3 N–H and O–H groups in total. The lowest BCUT2D eigenvalue weighted by Gasteiger charge is -2.11. The number of benzene rings is 1. The smallest absolute Gasteiger partial charge is 0.335 e. The van der Waals surface area contributed by atoms with Crippen molar-refractivity contribution in [2.45, 2.75) is 0 Å². The van der Waals surface area contributed by atoms with Gasteiger partial charge in [-0.2, -0.15) is 4.98 Å². The molecule has 0 saturated carbocycles. The second kappa shape index (κ2) is 6.27. The van der Waals surface area contributed by atoms with Crippen LogP contribution in [0.25, 0.3) is 0 Å². The average molecular weight is 309 g/mol. The van der Waals surface area contributed by atoms with Crippen molar-refractivity contribution in [1.29, 1.82) is 0 Å². The Morgan fingerprint density at radius 2 is 2.19 bits per heavy atom. The summed E-state index contributed by atoms with van der Waals surface area (Å²) in [6, 6.07) is 4.46. The zero-order valence-corrected chi connectivity index (χ0v) is 12.1. The molecule has 0 unspecified atom stereocenters. The Bertz CT molecular complexity index is 678. The minimum atomic E-state index is -1.03. The van der Waals surface area contributed by atoms with Crippen LogP contribution in [-0.2, 0) is 0 Å². The van der Waals surface area contributed by atoms with Gasteiger partial charge in [0.1, 0.15) is 16.6 Å². The lowest BCUT2D eigenvalue weighted by atomic mass is 10.2. The molecule has 8 heteroatoms. The molecule has 1 aromatic heterocycles. The number of halogens is 1. The average Bonchev–Trinajstić information content (AvgIpc) is 2.49. The van der Waals surface area contributed by atoms with Crippen LogP contribution in [0.2, 0.25) is 5.02 Å². The zero-order valence-electron chi connectivity index (χ0n) is 11.3. The maximum absolute atomic E-state index is 10.9. The van der Waals surface area contributed by atoms with Gasteiger partial charge in [0.2, 0.25) is 5.95 Å². The van der Waals surface area contributed by atoms with Crippen molar-refractivity contribution in [1.82, 2.24) is 9.97 Å². The van der Waals surface area contributed by atoms with Crippen LogP contribution in [0.1, 0.15) is 10.4 Å². The van der Waals surface area contributed by atoms with Gasteiger partial charge in [-0.15, -0.1) is 0 Å². The van der Waals surface area contributed by atoms with E-state index in [4.69, 9.17) is 21.4 Å². The van der Waals surface area contributed by atoms with E-state index in [1.807, 2.05) is 0 Å². The normalized spacial score (nSPS) is 10.0. The molecule has 1 aromatic carbocycles. The number of aromatic carboxylic acids is 1. The molecule has 2 aromatic rings. The number of carbonyl (C=O) groups is 1. The molecule has 110 valence electrons. The molecule has 7 nitrogen and oxygen atoms in total. The molecule has 0 bridgehead atoms. The summed E-state index contributed by atoms with van der Waals surface area (Å²) in [7, 11) is 3.15. The number of hydrogen-bond donors (Lipinski definition) is 3. The summed E-state index contributed by atoms with van der Waals surface area (Å²) in [6.07, 6.45) is 1.46. The predicted octanol–water partition coefficient (Wildman–Crippen LogP) is 2.62. The van der Waals surface area contributed by atoms with Crippen molar-refractivity contribution >= 4 is 35.0 Å². The highest BCUT2D eigenvalue weighted by Crippen LogP contribution is 2.28. The lowest BCUT2D eigenvalue weighted by Crippen LogP contribution is -2.03. The second-order valence-electron chi connectivity index (χ2n) is 3.99. The fourth-order valence-corrected chi connectivity index (χ4v) is 1.84. The summed E-state index contributed by atoms with van der Waals surface area (Å²) in [5.41, 5.74) is 0.678. The van der Waals surface area contributed by atoms with Gasteiger partial charge in [0.25, 0.3) is 0 Å². The van der Waals surface area contributed by atoms with E-state index in [1.165, 1.54) is 25.4 Å². The van der Waals surface area contributed by atoms with Crippen LogP contribution in [0.15, 0.2) is 24.4 Å². The van der Waals surface area contributed by atoms with Crippen molar-refractivity contribution < 1.29 is 14.6 Å². The van der Waals surface area contributed by atoms with Crippen LogP contribution in [-0.4, -0.2) is 35.2 Å². The fraction of sp³-hybridized carbons (Fsp3) is 0.154. The SMILES string of the molecule is CNc1nc(Nc2ccc(C(=O)O)cc2OC)ncc1Cl. The van der Waals surface area contributed by atoms with Gasteiger partial charge < -0.3 is 20.5 Å². The van der Waals surface area contributed by atoms with Gasteiger partial charge in [0.05, 0.1) is 24.6 Å². The summed E-state index contributed by atoms with van der Waals surface area (Å²) in [5.74, 6) is 0.139. The molecule has 0 aliphatic rings. The first-order chi connectivity index (χ1) is 10.0. The zero-order chi connectivity index (χ0) is 15.4. The highest BCUT2D eigenvalue weighted by molar-refractivity contribution is 6.32. The number of carboxylic acid groups (broad SMARTS) is 1. The van der Waals surface area contributed by atoms with E-state index in [0.29, 0.717) is 28.2 Å². The van der Waals surface area contributed by atoms with Gasteiger partial charge in [-0.05, 0) is 18.2 Å².